The van der Waals surface area contributed by atoms with Gasteiger partial charge in [-0.15, -0.1) is 4.57 Å². The summed E-state index contributed by atoms with van der Waals surface area (Å²) in [6.45, 7) is 1.79. The summed E-state index contributed by atoms with van der Waals surface area (Å²) in [7, 11) is 0. The topological polar surface area (TPSA) is 24.1 Å². The van der Waals surface area contributed by atoms with E-state index in [4.69, 9.17) is 5.11 Å². The summed E-state index contributed by atoms with van der Waals surface area (Å²) in [4.78, 5) is 0. The molecule has 0 bridgehead atoms. The lowest BCUT2D eigenvalue weighted by molar-refractivity contribution is -0.599. The molecule has 0 unspecified atom stereocenters. The summed E-state index contributed by atoms with van der Waals surface area (Å²) in [5.74, 6) is 0.251. The maximum absolute atomic E-state index is 9.15. The van der Waals surface area contributed by atoms with Crippen LogP contribution < -0.4 is 4.57 Å². The van der Waals surface area contributed by atoms with Crippen LogP contribution in [0.3, 0.4) is 0 Å². The van der Waals surface area contributed by atoms with E-state index in [0.717, 1.165) is 0 Å². The van der Waals surface area contributed by atoms with Gasteiger partial charge in [-0.05, 0) is 6.92 Å². The molecule has 1 rings (SSSR count). The fourth-order valence-electron chi connectivity index (χ4n) is 0.700. The average molecular weight is 136 g/mol. The van der Waals surface area contributed by atoms with Crippen LogP contribution in [-0.2, 0) is 0 Å². The molecule has 1 aromatic rings. The van der Waals surface area contributed by atoms with Crippen molar-refractivity contribution in [3.63, 3.8) is 0 Å². The van der Waals surface area contributed by atoms with Gasteiger partial charge in [0.1, 0.15) is 0 Å². The summed E-state index contributed by atoms with van der Waals surface area (Å²) in [5, 5.41) is 9.15. The molecular formula is C8H10NO+. The van der Waals surface area contributed by atoms with Crippen LogP contribution in [0, 0.1) is 0 Å². The number of pyridine rings is 1. The number of nitrogens with zero attached hydrogens (tertiary/aromatic N) is 1. The first kappa shape index (κ1) is 6.81. The summed E-state index contributed by atoms with van der Waals surface area (Å²) >= 11 is 0. The number of aromatic nitrogens is 1. The molecule has 10 heavy (non-hydrogen) atoms. The van der Waals surface area contributed by atoms with Gasteiger partial charge in [0.15, 0.2) is 12.4 Å². The van der Waals surface area contributed by atoms with Crippen LogP contribution in [0.25, 0.3) is 5.88 Å². The molecule has 0 fully saturated rings. The summed E-state index contributed by atoms with van der Waals surface area (Å²) in [6.07, 6.45) is 5.21. The minimum atomic E-state index is 0.251. The Balaban J connectivity index is 2.96. The third kappa shape index (κ3) is 1.35. The minimum Gasteiger partial charge on any atom is -0.460 e. The van der Waals surface area contributed by atoms with Gasteiger partial charge < -0.3 is 5.11 Å². The van der Waals surface area contributed by atoms with Gasteiger partial charge in [0, 0.05) is 18.2 Å². The zero-order valence-corrected chi connectivity index (χ0v) is 5.86. The van der Waals surface area contributed by atoms with Gasteiger partial charge in [-0.3, -0.25) is 0 Å². The van der Waals surface area contributed by atoms with Crippen molar-refractivity contribution in [1.29, 1.82) is 0 Å². The molecule has 0 atom stereocenters. The monoisotopic (exact) mass is 136 g/mol. The molecule has 0 radical (unpaired) electrons. The van der Waals surface area contributed by atoms with Crippen LogP contribution in [0.15, 0.2) is 36.7 Å². The Hall–Kier alpha value is -1.31. The van der Waals surface area contributed by atoms with E-state index in [1.807, 2.05) is 18.2 Å². The van der Waals surface area contributed by atoms with Crippen molar-refractivity contribution in [3.05, 3.63) is 36.7 Å². The predicted octanol–water partition coefficient (Wildman–Crippen LogP) is 1.35. The lowest BCUT2D eigenvalue weighted by Gasteiger charge is -1.88. The molecule has 2 heteroatoms. The maximum atomic E-state index is 9.15. The van der Waals surface area contributed by atoms with Crippen LogP contribution in [0.5, 0.6) is 0 Å². The molecule has 1 aromatic heterocycles. The lowest BCUT2D eigenvalue weighted by Crippen LogP contribution is -2.30. The first-order valence-corrected chi connectivity index (χ1v) is 3.16. The highest BCUT2D eigenvalue weighted by molar-refractivity contribution is 5.17. The van der Waals surface area contributed by atoms with Gasteiger partial charge in [0.2, 0.25) is 0 Å². The molecule has 0 aromatic carbocycles. The molecule has 0 spiro atoms. The fourth-order valence-corrected chi connectivity index (χ4v) is 0.700. The largest absolute Gasteiger partial charge is 0.460 e. The van der Waals surface area contributed by atoms with E-state index in [1.54, 1.807) is 30.0 Å². The predicted molar refractivity (Wildman–Crippen MR) is 39.2 cm³/mol. The molecule has 0 aliphatic carbocycles. The van der Waals surface area contributed by atoms with Crippen molar-refractivity contribution in [2.24, 2.45) is 0 Å². The number of hydrogen-bond donors (Lipinski definition) is 1. The molecule has 1 N–H and O–H groups in total. The van der Waals surface area contributed by atoms with Crippen LogP contribution in [0.1, 0.15) is 6.92 Å². The molecule has 2 nitrogen and oxygen atoms in total. The molecule has 0 amide bonds. The van der Waals surface area contributed by atoms with E-state index in [0.29, 0.717) is 0 Å². The summed E-state index contributed by atoms with van der Waals surface area (Å²) in [6, 6.07) is 5.62. The normalized spacial score (nSPS) is 11.5. The number of allylic oxidation sites excluding steroid dienone is 1. The van der Waals surface area contributed by atoms with Crippen molar-refractivity contribution < 1.29 is 9.67 Å². The van der Waals surface area contributed by atoms with Crippen LogP contribution in [0.4, 0.5) is 0 Å². The van der Waals surface area contributed by atoms with Crippen molar-refractivity contribution in [3.8, 4) is 0 Å². The lowest BCUT2D eigenvalue weighted by atomic mass is 10.5. The smallest absolute Gasteiger partial charge is 0.366 e. The van der Waals surface area contributed by atoms with E-state index < -0.39 is 0 Å². The SMILES string of the molecule is C/C=C(/O)[n+]1ccccc1. The van der Waals surface area contributed by atoms with Gasteiger partial charge in [-0.2, -0.15) is 0 Å². The van der Waals surface area contributed by atoms with E-state index in [1.165, 1.54) is 0 Å². The zero-order chi connectivity index (χ0) is 7.40. The average Bonchev–Trinajstić information content (AvgIpc) is 2.05. The molecule has 0 aliphatic heterocycles. The summed E-state index contributed by atoms with van der Waals surface area (Å²) in [5.41, 5.74) is 0. The summed E-state index contributed by atoms with van der Waals surface area (Å²) < 4.78 is 1.64. The Kier molecular flexibility index (Phi) is 2.05. The van der Waals surface area contributed by atoms with Gasteiger partial charge in [-0.25, -0.2) is 0 Å². The maximum Gasteiger partial charge on any atom is 0.366 e. The second kappa shape index (κ2) is 3.01. The van der Waals surface area contributed by atoms with Crippen LogP contribution >= 0.6 is 0 Å². The van der Waals surface area contributed by atoms with E-state index in [-0.39, 0.29) is 5.88 Å². The Morgan fingerprint density at radius 2 is 1.90 bits per heavy atom. The zero-order valence-electron chi connectivity index (χ0n) is 5.86. The molecular weight excluding hydrogens is 126 g/mol. The Bertz CT molecular complexity index is 228. The Labute approximate surface area is 60.1 Å². The second-order valence-corrected chi connectivity index (χ2v) is 1.93. The van der Waals surface area contributed by atoms with Crippen molar-refractivity contribution in [1.82, 2.24) is 0 Å². The van der Waals surface area contributed by atoms with Crippen molar-refractivity contribution >= 4 is 5.88 Å². The standard InChI is InChI=1S/C8H9NO/c1-2-8(10)9-6-4-3-5-7-9/h2-7H,1H3/p+1/b8-2+. The second-order valence-electron chi connectivity index (χ2n) is 1.93. The molecule has 52 valence electrons. The van der Waals surface area contributed by atoms with Gasteiger partial charge in [-0.1, -0.05) is 6.07 Å². The number of rotatable bonds is 1. The molecule has 0 saturated carbocycles. The fraction of sp³-hybridized carbons (Fsp3) is 0.125. The van der Waals surface area contributed by atoms with E-state index in [2.05, 4.69) is 0 Å². The quantitative estimate of drug-likeness (QED) is 0.457. The van der Waals surface area contributed by atoms with Crippen molar-refractivity contribution in [2.75, 3.05) is 0 Å². The number of hydrogen-bond acceptors (Lipinski definition) is 1. The van der Waals surface area contributed by atoms with Crippen LogP contribution in [-0.4, -0.2) is 5.11 Å². The molecule has 0 saturated heterocycles. The Morgan fingerprint density at radius 1 is 1.30 bits per heavy atom. The van der Waals surface area contributed by atoms with Gasteiger partial charge >= 0.3 is 5.88 Å². The number of aliphatic hydroxyl groups is 1. The third-order valence-corrected chi connectivity index (χ3v) is 1.24. The molecule has 0 aliphatic rings. The third-order valence-electron chi connectivity index (χ3n) is 1.24. The van der Waals surface area contributed by atoms with Gasteiger partial charge in [0.05, 0.1) is 0 Å². The van der Waals surface area contributed by atoms with E-state index in [9.17, 15) is 0 Å². The highest BCUT2D eigenvalue weighted by Crippen LogP contribution is 1.85. The van der Waals surface area contributed by atoms with Gasteiger partial charge in [0.25, 0.3) is 0 Å². The highest BCUT2D eigenvalue weighted by atomic mass is 16.3. The van der Waals surface area contributed by atoms with Crippen molar-refractivity contribution in [2.45, 2.75) is 6.92 Å². The Morgan fingerprint density at radius 3 is 2.40 bits per heavy atom. The highest BCUT2D eigenvalue weighted by Gasteiger charge is 2.00. The minimum absolute atomic E-state index is 0.251. The first-order chi connectivity index (χ1) is 4.84. The number of aliphatic hydroxyl groups excluding tert-OH is 1. The van der Waals surface area contributed by atoms with E-state index >= 15 is 0 Å². The van der Waals surface area contributed by atoms with Crippen LogP contribution in [0.2, 0.25) is 0 Å². The first-order valence-electron chi connectivity index (χ1n) is 3.16. The molecule has 1 heterocycles.